The first-order valence-electron chi connectivity index (χ1n) is 6.25. The maximum absolute atomic E-state index is 13.3. The highest BCUT2D eigenvalue weighted by molar-refractivity contribution is 5.84. The third-order valence-corrected chi connectivity index (χ3v) is 3.86. The molecule has 3 nitrogen and oxygen atoms in total. The van der Waals surface area contributed by atoms with E-state index in [2.05, 4.69) is 10.3 Å². The number of halogens is 1. The molecule has 92 valence electrons. The van der Waals surface area contributed by atoms with E-state index in [4.69, 9.17) is 4.74 Å². The number of benzene rings is 1. The zero-order valence-electron chi connectivity index (χ0n) is 9.77. The molecule has 1 aromatic carbocycles. The third kappa shape index (κ3) is 1.56. The second-order valence-corrected chi connectivity index (χ2v) is 5.08. The van der Waals surface area contributed by atoms with Crippen molar-refractivity contribution in [2.75, 3.05) is 6.54 Å². The van der Waals surface area contributed by atoms with Gasteiger partial charge in [-0.15, -0.1) is 0 Å². The Morgan fingerprint density at radius 2 is 2.28 bits per heavy atom. The summed E-state index contributed by atoms with van der Waals surface area (Å²) in [6.45, 7) is 1.03. The van der Waals surface area contributed by atoms with Gasteiger partial charge in [0.2, 0.25) is 0 Å². The Hall–Kier alpha value is -1.68. The van der Waals surface area contributed by atoms with Crippen LogP contribution in [0.25, 0.3) is 10.9 Å². The van der Waals surface area contributed by atoms with Crippen LogP contribution in [0.2, 0.25) is 0 Å². The van der Waals surface area contributed by atoms with E-state index in [1.807, 2.05) is 0 Å². The second kappa shape index (κ2) is 3.65. The average Bonchev–Trinajstić information content (AvgIpc) is 3.06. The number of hydrogen-bond acceptors (Lipinski definition) is 3. The molecular weight excluding hydrogens is 231 g/mol. The molecule has 1 saturated carbocycles. The first-order chi connectivity index (χ1) is 8.81. The lowest BCUT2D eigenvalue weighted by atomic mass is 10.2. The van der Waals surface area contributed by atoms with Gasteiger partial charge in [0.05, 0.1) is 5.52 Å². The van der Waals surface area contributed by atoms with Crippen LogP contribution in [0.1, 0.15) is 6.42 Å². The van der Waals surface area contributed by atoms with Crippen molar-refractivity contribution in [3.05, 3.63) is 36.3 Å². The number of nitrogens with one attached hydrogen (secondary N) is 1. The highest BCUT2D eigenvalue weighted by Crippen LogP contribution is 2.45. The van der Waals surface area contributed by atoms with Gasteiger partial charge in [0.15, 0.2) is 6.23 Å². The summed E-state index contributed by atoms with van der Waals surface area (Å²) in [6, 6.07) is 6.39. The van der Waals surface area contributed by atoms with Gasteiger partial charge in [0.25, 0.3) is 0 Å². The monoisotopic (exact) mass is 244 g/mol. The van der Waals surface area contributed by atoms with Crippen LogP contribution in [0.5, 0.6) is 5.75 Å². The van der Waals surface area contributed by atoms with Crippen LogP contribution in [0.15, 0.2) is 30.5 Å². The molecular formula is C14H13FN2O. The quantitative estimate of drug-likeness (QED) is 0.880. The summed E-state index contributed by atoms with van der Waals surface area (Å²) >= 11 is 0. The van der Waals surface area contributed by atoms with E-state index in [0.29, 0.717) is 11.7 Å². The molecule has 2 aliphatic rings. The number of hydrogen-bond donors (Lipinski definition) is 1. The molecule has 18 heavy (non-hydrogen) atoms. The van der Waals surface area contributed by atoms with E-state index >= 15 is 0 Å². The Morgan fingerprint density at radius 1 is 1.33 bits per heavy atom. The maximum atomic E-state index is 13.3. The molecule has 1 saturated heterocycles. The number of aromatic nitrogens is 1. The Balaban J connectivity index is 1.72. The van der Waals surface area contributed by atoms with Gasteiger partial charge in [-0.2, -0.15) is 0 Å². The van der Waals surface area contributed by atoms with Crippen LogP contribution in [0.3, 0.4) is 0 Å². The van der Waals surface area contributed by atoms with Crippen LogP contribution < -0.4 is 10.1 Å². The van der Waals surface area contributed by atoms with E-state index in [1.165, 1.54) is 18.6 Å². The molecule has 1 aromatic heterocycles. The predicted molar refractivity (Wildman–Crippen MR) is 65.7 cm³/mol. The summed E-state index contributed by atoms with van der Waals surface area (Å²) < 4.78 is 19.3. The van der Waals surface area contributed by atoms with Crippen molar-refractivity contribution < 1.29 is 9.13 Å². The molecule has 4 heteroatoms. The minimum absolute atomic E-state index is 0.0730. The highest BCUT2D eigenvalue weighted by Gasteiger charge is 2.49. The number of piperidine rings is 1. The van der Waals surface area contributed by atoms with Crippen molar-refractivity contribution in [2.45, 2.75) is 12.6 Å². The number of fused-ring (bicyclic) bond motifs is 2. The Bertz CT molecular complexity index is 616. The molecule has 2 fully saturated rings. The molecule has 3 atom stereocenters. The van der Waals surface area contributed by atoms with Crippen molar-refractivity contribution in [2.24, 2.45) is 11.8 Å². The van der Waals surface area contributed by atoms with E-state index in [9.17, 15) is 4.39 Å². The van der Waals surface area contributed by atoms with Crippen LogP contribution in [0, 0.1) is 17.7 Å². The van der Waals surface area contributed by atoms with Crippen LogP contribution >= 0.6 is 0 Å². The summed E-state index contributed by atoms with van der Waals surface area (Å²) in [5, 5.41) is 4.09. The molecule has 4 rings (SSSR count). The lowest BCUT2D eigenvalue weighted by molar-refractivity contribution is 0.165. The van der Waals surface area contributed by atoms with Gasteiger partial charge >= 0.3 is 0 Å². The smallest absolute Gasteiger partial charge is 0.153 e. The molecule has 1 aliphatic heterocycles. The molecule has 0 bridgehead atoms. The van der Waals surface area contributed by atoms with Gasteiger partial charge in [-0.3, -0.25) is 10.3 Å². The summed E-state index contributed by atoms with van der Waals surface area (Å²) in [5.74, 6) is 1.86. The minimum atomic E-state index is -0.260. The van der Waals surface area contributed by atoms with Gasteiger partial charge < -0.3 is 4.74 Å². The van der Waals surface area contributed by atoms with Gasteiger partial charge in [0.1, 0.15) is 11.6 Å². The van der Waals surface area contributed by atoms with E-state index in [0.717, 1.165) is 23.4 Å². The van der Waals surface area contributed by atoms with E-state index < -0.39 is 0 Å². The predicted octanol–water partition coefficient (Wildman–Crippen LogP) is 2.32. The summed E-state index contributed by atoms with van der Waals surface area (Å²) in [7, 11) is 0. The summed E-state index contributed by atoms with van der Waals surface area (Å²) in [6.07, 6.45) is 3.02. The summed E-state index contributed by atoms with van der Waals surface area (Å²) in [5.41, 5.74) is 0.763. The number of rotatable bonds is 2. The molecule has 1 N–H and O–H groups in total. The molecule has 0 spiro atoms. The molecule has 3 unspecified atom stereocenters. The lowest BCUT2D eigenvalue weighted by Gasteiger charge is -2.17. The SMILES string of the molecule is Fc1ccc2nccc(OC3NCC4CC43)c2c1. The zero-order chi connectivity index (χ0) is 12.1. The molecule has 2 aromatic rings. The highest BCUT2D eigenvalue weighted by atomic mass is 19.1. The first-order valence-corrected chi connectivity index (χ1v) is 6.25. The zero-order valence-corrected chi connectivity index (χ0v) is 9.77. The standard InChI is InChI=1S/C14H13FN2O/c15-9-1-2-12-11(6-9)13(3-4-16-12)18-14-10-5-8(10)7-17-14/h1-4,6,8,10,14,17H,5,7H2. The minimum Gasteiger partial charge on any atom is -0.474 e. The Kier molecular flexibility index (Phi) is 2.08. The number of ether oxygens (including phenoxy) is 1. The van der Waals surface area contributed by atoms with Crippen molar-refractivity contribution >= 4 is 10.9 Å². The average molecular weight is 244 g/mol. The van der Waals surface area contributed by atoms with Crippen molar-refractivity contribution in [1.29, 1.82) is 0 Å². The van der Waals surface area contributed by atoms with Crippen molar-refractivity contribution in [1.82, 2.24) is 10.3 Å². The van der Waals surface area contributed by atoms with Crippen molar-refractivity contribution in [3.8, 4) is 5.75 Å². The lowest BCUT2D eigenvalue weighted by Crippen LogP contribution is -2.32. The van der Waals surface area contributed by atoms with E-state index in [1.54, 1.807) is 18.3 Å². The Morgan fingerprint density at radius 3 is 3.06 bits per heavy atom. The Labute approximate surface area is 104 Å². The van der Waals surface area contributed by atoms with E-state index in [-0.39, 0.29) is 12.0 Å². The van der Waals surface area contributed by atoms with Gasteiger partial charge in [-0.25, -0.2) is 4.39 Å². The van der Waals surface area contributed by atoms with Gasteiger partial charge in [0, 0.05) is 24.0 Å². The number of nitrogens with zero attached hydrogens (tertiary/aromatic N) is 1. The summed E-state index contributed by atoms with van der Waals surface area (Å²) in [4.78, 5) is 4.22. The fourth-order valence-electron chi connectivity index (χ4n) is 2.76. The van der Waals surface area contributed by atoms with Gasteiger partial charge in [-0.1, -0.05) is 0 Å². The second-order valence-electron chi connectivity index (χ2n) is 5.08. The fraction of sp³-hybridized carbons (Fsp3) is 0.357. The van der Waals surface area contributed by atoms with Crippen LogP contribution in [0.4, 0.5) is 4.39 Å². The maximum Gasteiger partial charge on any atom is 0.153 e. The largest absolute Gasteiger partial charge is 0.474 e. The van der Waals surface area contributed by atoms with Crippen LogP contribution in [-0.2, 0) is 0 Å². The topological polar surface area (TPSA) is 34.1 Å². The molecule has 0 radical (unpaired) electrons. The molecule has 2 heterocycles. The first kappa shape index (κ1) is 10.3. The fourth-order valence-corrected chi connectivity index (χ4v) is 2.76. The normalized spacial score (nSPS) is 29.3. The molecule has 1 aliphatic carbocycles. The number of pyridine rings is 1. The van der Waals surface area contributed by atoms with Crippen LogP contribution in [-0.4, -0.2) is 17.8 Å². The molecule has 0 amide bonds. The third-order valence-electron chi connectivity index (χ3n) is 3.86. The van der Waals surface area contributed by atoms with Crippen molar-refractivity contribution in [3.63, 3.8) is 0 Å². The van der Waals surface area contributed by atoms with Gasteiger partial charge in [-0.05, 0) is 36.6 Å².